The summed E-state index contributed by atoms with van der Waals surface area (Å²) in [5.41, 5.74) is 0.741. The van der Waals surface area contributed by atoms with E-state index >= 15 is 0 Å². The number of thiazole rings is 1. The number of nitrogens with one attached hydrogen (secondary N) is 1. The lowest BCUT2D eigenvalue weighted by Crippen LogP contribution is -2.34. The van der Waals surface area contributed by atoms with Gasteiger partial charge in [0, 0.05) is 18.0 Å². The predicted octanol–water partition coefficient (Wildman–Crippen LogP) is 2.04. The molecule has 1 rings (SSSR count). The van der Waals surface area contributed by atoms with E-state index in [1.165, 1.54) is 18.4 Å². The highest BCUT2D eigenvalue weighted by Gasteiger charge is 2.15. The van der Waals surface area contributed by atoms with Gasteiger partial charge in [-0.1, -0.05) is 0 Å². The van der Waals surface area contributed by atoms with Gasteiger partial charge in [-0.15, -0.1) is 11.3 Å². The molecule has 0 aromatic carbocycles. The maximum absolute atomic E-state index is 11.9. The van der Waals surface area contributed by atoms with Crippen molar-refractivity contribution in [1.29, 1.82) is 0 Å². The molecule has 0 atom stereocenters. The number of aryl methyl sites for hydroxylation is 1. The van der Waals surface area contributed by atoms with Crippen molar-refractivity contribution in [3.05, 3.63) is 10.6 Å². The summed E-state index contributed by atoms with van der Waals surface area (Å²) in [4.78, 5) is 29.8. The zero-order chi connectivity index (χ0) is 14.4. The smallest absolute Gasteiger partial charge is 0.323 e. The van der Waals surface area contributed by atoms with Crippen LogP contribution in [0.1, 0.15) is 24.4 Å². The second-order valence-corrected chi connectivity index (χ2v) is 4.97. The fraction of sp³-hybridized carbons (Fsp3) is 0.583. The predicted molar refractivity (Wildman–Crippen MR) is 74.5 cm³/mol. The molecule has 1 N–H and O–H groups in total. The molecule has 0 aliphatic heterocycles. The van der Waals surface area contributed by atoms with Crippen LogP contribution in [0.3, 0.4) is 0 Å². The number of ether oxygens (including phenoxy) is 1. The number of hydrogen-bond donors (Lipinski definition) is 1. The summed E-state index contributed by atoms with van der Waals surface area (Å²) >= 11 is 1.30. The molecule has 1 aromatic rings. The van der Waals surface area contributed by atoms with Gasteiger partial charge in [0.2, 0.25) is 0 Å². The van der Waals surface area contributed by atoms with Crippen molar-refractivity contribution < 1.29 is 14.3 Å². The third-order valence-electron chi connectivity index (χ3n) is 2.69. The summed E-state index contributed by atoms with van der Waals surface area (Å²) in [7, 11) is 1.35. The summed E-state index contributed by atoms with van der Waals surface area (Å²) in [6, 6.07) is -0.177. The molecule has 0 aliphatic rings. The van der Waals surface area contributed by atoms with Crippen LogP contribution in [0.4, 0.5) is 9.93 Å². The van der Waals surface area contributed by atoms with Gasteiger partial charge >= 0.3 is 12.0 Å². The largest absolute Gasteiger partial charge is 0.469 e. The van der Waals surface area contributed by atoms with E-state index in [1.54, 1.807) is 4.90 Å². The van der Waals surface area contributed by atoms with E-state index in [4.69, 9.17) is 0 Å². The Hall–Kier alpha value is -1.63. The van der Waals surface area contributed by atoms with Gasteiger partial charge in [-0.25, -0.2) is 9.78 Å². The number of aromatic nitrogens is 1. The van der Waals surface area contributed by atoms with Crippen molar-refractivity contribution in [2.75, 3.05) is 25.5 Å². The molecule has 0 unspecified atom stereocenters. The van der Waals surface area contributed by atoms with Crippen LogP contribution in [-0.4, -0.2) is 42.1 Å². The Kier molecular flexibility index (Phi) is 5.75. The standard InChI is InChI=1S/C12H19N3O3S/c1-5-15(6-2)12(17)14-11-13-8(3)9(19-11)7-10(16)18-4/h5-7H2,1-4H3,(H,13,14,17). The number of esters is 1. The third-order valence-corrected chi connectivity index (χ3v) is 3.76. The van der Waals surface area contributed by atoms with Gasteiger partial charge in [0.25, 0.3) is 0 Å². The maximum Gasteiger partial charge on any atom is 0.323 e. The van der Waals surface area contributed by atoms with Crippen LogP contribution in [0.2, 0.25) is 0 Å². The lowest BCUT2D eigenvalue weighted by atomic mass is 10.3. The van der Waals surface area contributed by atoms with Crippen LogP contribution in [-0.2, 0) is 16.0 Å². The van der Waals surface area contributed by atoms with Gasteiger partial charge < -0.3 is 9.64 Å². The van der Waals surface area contributed by atoms with Gasteiger partial charge in [0.1, 0.15) is 0 Å². The van der Waals surface area contributed by atoms with Crippen LogP contribution in [0.25, 0.3) is 0 Å². The van der Waals surface area contributed by atoms with Crippen LogP contribution in [0.5, 0.6) is 0 Å². The first-order valence-electron chi connectivity index (χ1n) is 6.10. The van der Waals surface area contributed by atoms with E-state index in [0.717, 1.165) is 10.6 Å². The Morgan fingerprint density at radius 3 is 2.53 bits per heavy atom. The average molecular weight is 285 g/mol. The minimum absolute atomic E-state index is 0.177. The molecule has 0 saturated carbocycles. The first-order chi connectivity index (χ1) is 9.01. The number of urea groups is 1. The van der Waals surface area contributed by atoms with Crippen molar-refractivity contribution in [3.63, 3.8) is 0 Å². The number of amides is 2. The van der Waals surface area contributed by atoms with Crippen LogP contribution in [0.15, 0.2) is 0 Å². The first kappa shape index (κ1) is 15.4. The van der Waals surface area contributed by atoms with E-state index in [0.29, 0.717) is 18.2 Å². The SMILES string of the molecule is CCN(CC)C(=O)Nc1nc(C)c(CC(=O)OC)s1. The van der Waals surface area contributed by atoms with Gasteiger partial charge in [0.15, 0.2) is 5.13 Å². The minimum Gasteiger partial charge on any atom is -0.469 e. The van der Waals surface area contributed by atoms with Crippen molar-refractivity contribution in [2.45, 2.75) is 27.2 Å². The van der Waals surface area contributed by atoms with E-state index < -0.39 is 0 Å². The maximum atomic E-state index is 11.9. The molecule has 0 spiro atoms. The minimum atomic E-state index is -0.312. The summed E-state index contributed by atoms with van der Waals surface area (Å²) in [6.45, 7) is 6.92. The Morgan fingerprint density at radius 2 is 2.00 bits per heavy atom. The monoisotopic (exact) mass is 285 g/mol. The van der Waals surface area contributed by atoms with E-state index in [2.05, 4.69) is 15.0 Å². The quantitative estimate of drug-likeness (QED) is 0.840. The highest BCUT2D eigenvalue weighted by Crippen LogP contribution is 2.23. The molecule has 7 heteroatoms. The number of carbonyl (C=O) groups is 2. The number of hydrogen-bond acceptors (Lipinski definition) is 5. The summed E-state index contributed by atoms with van der Waals surface area (Å²) in [5.74, 6) is -0.312. The number of anilines is 1. The summed E-state index contributed by atoms with van der Waals surface area (Å²) in [6.07, 6.45) is 0.182. The summed E-state index contributed by atoms with van der Waals surface area (Å²) in [5, 5.41) is 3.25. The molecule has 1 heterocycles. The molecule has 0 fully saturated rings. The zero-order valence-corrected chi connectivity index (χ0v) is 12.5. The van der Waals surface area contributed by atoms with Crippen LogP contribution < -0.4 is 5.32 Å². The Morgan fingerprint density at radius 1 is 1.37 bits per heavy atom. The molecular formula is C12H19N3O3S. The Bertz CT molecular complexity index is 455. The third kappa shape index (κ3) is 4.20. The second kappa shape index (κ2) is 7.08. The average Bonchev–Trinajstić information content (AvgIpc) is 2.70. The topological polar surface area (TPSA) is 71.5 Å². The molecule has 0 radical (unpaired) electrons. The molecule has 106 valence electrons. The van der Waals surface area contributed by atoms with Crippen LogP contribution >= 0.6 is 11.3 Å². The zero-order valence-electron chi connectivity index (χ0n) is 11.6. The van der Waals surface area contributed by atoms with Crippen molar-refractivity contribution in [2.24, 2.45) is 0 Å². The molecule has 0 bridgehead atoms. The van der Waals surface area contributed by atoms with Crippen LogP contribution in [0, 0.1) is 6.92 Å². The number of methoxy groups -OCH3 is 1. The normalized spacial score (nSPS) is 10.1. The van der Waals surface area contributed by atoms with Crippen molar-refractivity contribution >= 4 is 28.5 Å². The van der Waals surface area contributed by atoms with Gasteiger partial charge in [-0.05, 0) is 20.8 Å². The Balaban J connectivity index is 2.73. The molecular weight excluding hydrogens is 266 g/mol. The highest BCUT2D eigenvalue weighted by molar-refractivity contribution is 7.16. The second-order valence-electron chi connectivity index (χ2n) is 3.88. The Labute approximate surface area is 116 Å². The van der Waals surface area contributed by atoms with Crippen molar-refractivity contribution in [3.8, 4) is 0 Å². The summed E-state index contributed by atoms with van der Waals surface area (Å²) < 4.78 is 4.62. The lowest BCUT2D eigenvalue weighted by Gasteiger charge is -2.17. The molecule has 2 amide bonds. The van der Waals surface area contributed by atoms with Gasteiger partial charge in [-0.3, -0.25) is 10.1 Å². The van der Waals surface area contributed by atoms with Gasteiger partial charge in [-0.2, -0.15) is 0 Å². The molecule has 6 nitrogen and oxygen atoms in total. The molecule has 1 aromatic heterocycles. The fourth-order valence-corrected chi connectivity index (χ4v) is 2.47. The highest BCUT2D eigenvalue weighted by atomic mass is 32.1. The number of nitrogens with zero attached hydrogens (tertiary/aromatic N) is 2. The first-order valence-corrected chi connectivity index (χ1v) is 6.92. The van der Waals surface area contributed by atoms with Crippen molar-refractivity contribution in [1.82, 2.24) is 9.88 Å². The number of rotatable bonds is 5. The van der Waals surface area contributed by atoms with E-state index in [1.807, 2.05) is 20.8 Å². The molecule has 0 aliphatic carbocycles. The molecule has 0 saturated heterocycles. The lowest BCUT2D eigenvalue weighted by molar-refractivity contribution is -0.139. The number of carbonyl (C=O) groups excluding carboxylic acids is 2. The van der Waals surface area contributed by atoms with E-state index in [-0.39, 0.29) is 18.4 Å². The fourth-order valence-electron chi connectivity index (χ4n) is 1.53. The van der Waals surface area contributed by atoms with Gasteiger partial charge in [0.05, 0.1) is 19.2 Å². The van der Waals surface area contributed by atoms with E-state index in [9.17, 15) is 9.59 Å². The molecule has 19 heavy (non-hydrogen) atoms.